The van der Waals surface area contributed by atoms with Gasteiger partial charge in [-0.2, -0.15) is 0 Å². The highest BCUT2D eigenvalue weighted by Crippen LogP contribution is 2.45. The molecule has 0 bridgehead atoms. The molecule has 3 amide bonds. The minimum absolute atomic E-state index is 0.0908. The van der Waals surface area contributed by atoms with E-state index in [-0.39, 0.29) is 6.54 Å². The van der Waals surface area contributed by atoms with Gasteiger partial charge in [0.25, 0.3) is 0 Å². The van der Waals surface area contributed by atoms with Gasteiger partial charge in [-0.1, -0.05) is 171 Å². The van der Waals surface area contributed by atoms with Gasteiger partial charge in [0.05, 0.1) is 18.0 Å². The Morgan fingerprint density at radius 2 is 1.18 bits per heavy atom. The zero-order chi connectivity index (χ0) is 45.3. The summed E-state index contributed by atoms with van der Waals surface area (Å²) in [5.41, 5.74) is 6.43. The minimum atomic E-state index is -1.50. The highest BCUT2D eigenvalue weighted by Gasteiger charge is 2.43. The Hall–Kier alpha value is -7.14. The van der Waals surface area contributed by atoms with E-state index in [2.05, 4.69) is 10.6 Å². The van der Waals surface area contributed by atoms with E-state index in [4.69, 9.17) is 14.5 Å². The van der Waals surface area contributed by atoms with Gasteiger partial charge >= 0.3 is 6.09 Å². The molecule has 65 heavy (non-hydrogen) atoms. The first-order chi connectivity index (χ1) is 31.7. The lowest BCUT2D eigenvalue weighted by molar-refractivity contribution is -0.170. The van der Waals surface area contributed by atoms with E-state index in [0.717, 1.165) is 49.2 Å². The topological polar surface area (TPSA) is 130 Å². The summed E-state index contributed by atoms with van der Waals surface area (Å²) in [6, 6.07) is 52.2. The zero-order valence-corrected chi connectivity index (χ0v) is 36.8. The Labute approximate surface area is 380 Å². The van der Waals surface area contributed by atoms with Crippen LogP contribution in [0.3, 0.4) is 0 Å². The average Bonchev–Trinajstić information content (AvgIpc) is 3.66. The van der Waals surface area contributed by atoms with Gasteiger partial charge in [-0.3, -0.25) is 19.5 Å². The van der Waals surface area contributed by atoms with E-state index in [9.17, 15) is 9.90 Å². The van der Waals surface area contributed by atoms with Crippen LogP contribution in [0.15, 0.2) is 176 Å². The summed E-state index contributed by atoms with van der Waals surface area (Å²) >= 11 is 0. The van der Waals surface area contributed by atoms with Gasteiger partial charge in [-0.25, -0.2) is 4.79 Å². The van der Waals surface area contributed by atoms with Gasteiger partial charge < -0.3 is 25.2 Å². The number of carbonyl (C=O) groups is 3. The van der Waals surface area contributed by atoms with Crippen molar-refractivity contribution >= 4 is 28.8 Å². The Kier molecular flexibility index (Phi) is 13.8. The third kappa shape index (κ3) is 9.14. The molecule has 0 fully saturated rings. The van der Waals surface area contributed by atoms with E-state index < -0.39 is 60.1 Å². The van der Waals surface area contributed by atoms with Crippen molar-refractivity contribution in [1.82, 2.24) is 20.5 Å². The summed E-state index contributed by atoms with van der Waals surface area (Å²) in [5.74, 6) is -2.08. The van der Waals surface area contributed by atoms with Crippen LogP contribution in [0.4, 0.5) is 4.79 Å². The lowest BCUT2D eigenvalue weighted by atomic mass is 9.77. The van der Waals surface area contributed by atoms with Crippen molar-refractivity contribution in [2.45, 2.75) is 57.0 Å². The van der Waals surface area contributed by atoms with Crippen LogP contribution in [0.25, 0.3) is 22.0 Å². The molecule has 0 saturated heterocycles. The zero-order valence-electron chi connectivity index (χ0n) is 36.8. The number of hydrogen-bond donors (Lipinski definition) is 3. The molecule has 10 nitrogen and oxygen atoms in total. The quantitative estimate of drug-likeness (QED) is 0.0579. The molecule has 330 valence electrons. The van der Waals surface area contributed by atoms with Crippen LogP contribution in [0.5, 0.6) is 0 Å². The molecule has 1 aromatic heterocycles. The van der Waals surface area contributed by atoms with Crippen LogP contribution in [-0.2, 0) is 24.6 Å². The second kappa shape index (κ2) is 20.1. The number of aromatic nitrogens is 1. The number of nitrogens with one attached hydrogen (secondary N) is 2. The molecule has 7 aromatic rings. The van der Waals surface area contributed by atoms with Crippen LogP contribution in [-0.4, -0.2) is 65.0 Å². The monoisotopic (exact) mass is 866 g/mol. The molecule has 1 heterocycles. The molecule has 3 N–H and O–H groups in total. The van der Waals surface area contributed by atoms with Crippen LogP contribution < -0.4 is 10.6 Å². The van der Waals surface area contributed by atoms with Crippen molar-refractivity contribution in [3.05, 3.63) is 209 Å². The second-order valence-electron chi connectivity index (χ2n) is 16.3. The summed E-state index contributed by atoms with van der Waals surface area (Å²) in [5, 5.41) is 18.8. The molecule has 6 aromatic carbocycles. The number of nitrogens with zero attached hydrogens (tertiary/aromatic N) is 2. The molecule has 0 saturated carbocycles. The number of fused-ring (bicyclic) bond motifs is 4. The molecule has 8 rings (SSSR count). The number of hydrogen-bond acceptors (Lipinski definition) is 6. The minimum Gasteiger partial charge on any atom is -0.465 e. The van der Waals surface area contributed by atoms with Crippen molar-refractivity contribution in [2.75, 3.05) is 19.8 Å². The van der Waals surface area contributed by atoms with Crippen molar-refractivity contribution in [1.29, 1.82) is 0 Å². The van der Waals surface area contributed by atoms with Gasteiger partial charge in [0.2, 0.25) is 11.8 Å². The summed E-state index contributed by atoms with van der Waals surface area (Å²) in [4.78, 5) is 50.5. The lowest BCUT2D eigenvalue weighted by Crippen LogP contribution is -2.55. The van der Waals surface area contributed by atoms with E-state index in [1.54, 1.807) is 6.20 Å². The van der Waals surface area contributed by atoms with Crippen LogP contribution in [0.2, 0.25) is 0 Å². The summed E-state index contributed by atoms with van der Waals surface area (Å²) in [6.07, 6.45) is -0.871. The fourth-order valence-corrected chi connectivity index (χ4v) is 9.51. The first-order valence-corrected chi connectivity index (χ1v) is 22.3. The standard InChI is InChI=1S/C55H54N4O6/c1-4-64-53(65-5-2)37(3)50(46-33-19-21-38-22-20-34-56-51(38)46)57-52(61)48(59(54(62)63)36-47-44-31-17-15-29-42(44)43-30-16-18-32-45(43)47)35-49(60)58-55(39-23-9-6-10-24-39,40-25-11-7-12-26-40)41-27-13-8-14-28-41/h6-34,37,47-48,50,53H,4-5,35-36H2,1-3H3,(H,57,61)(H,58,60)(H,62,63)/t37-,48-,50?/m0/s1. The summed E-state index contributed by atoms with van der Waals surface area (Å²) in [6.45, 7) is 6.31. The molecule has 0 radical (unpaired) electrons. The Morgan fingerprint density at radius 1 is 0.677 bits per heavy atom. The SMILES string of the molecule is CCOC(OCC)[C@@H](C)C(NC(=O)[C@H](CC(=O)NC(c1ccccc1)(c1ccccc1)c1ccccc1)N(CC1c2ccccc2-c2ccccc21)C(=O)O)c1cccc2cccnc12. The highest BCUT2D eigenvalue weighted by atomic mass is 16.7. The van der Waals surface area contributed by atoms with Crippen LogP contribution in [0, 0.1) is 5.92 Å². The Balaban J connectivity index is 1.24. The molecule has 1 aliphatic carbocycles. The van der Waals surface area contributed by atoms with Gasteiger partial charge in [0.1, 0.15) is 11.6 Å². The predicted molar refractivity (Wildman–Crippen MR) is 253 cm³/mol. The third-order valence-electron chi connectivity index (χ3n) is 12.5. The molecule has 0 spiro atoms. The number of carboxylic acid groups (broad SMARTS) is 1. The first-order valence-electron chi connectivity index (χ1n) is 22.3. The average molecular weight is 867 g/mol. The van der Waals surface area contributed by atoms with Crippen molar-refractivity contribution in [3.63, 3.8) is 0 Å². The van der Waals surface area contributed by atoms with Gasteiger partial charge in [0.15, 0.2) is 6.29 Å². The number of ether oxygens (including phenoxy) is 2. The highest BCUT2D eigenvalue weighted by molar-refractivity contribution is 5.92. The Bertz CT molecular complexity index is 2580. The Morgan fingerprint density at radius 3 is 1.71 bits per heavy atom. The number of benzene rings is 6. The fraction of sp³-hybridized carbons (Fsp3) is 0.236. The lowest BCUT2D eigenvalue weighted by Gasteiger charge is -2.38. The van der Waals surface area contributed by atoms with E-state index in [1.165, 1.54) is 0 Å². The normalized spacial score (nSPS) is 13.7. The maximum absolute atomic E-state index is 15.5. The third-order valence-corrected chi connectivity index (χ3v) is 12.5. The molecular formula is C55H54N4O6. The predicted octanol–water partition coefficient (Wildman–Crippen LogP) is 10.1. The number of carbonyl (C=O) groups excluding carboxylic acids is 2. The van der Waals surface area contributed by atoms with Gasteiger partial charge in [-0.05, 0) is 58.9 Å². The fourth-order valence-electron chi connectivity index (χ4n) is 9.51. The van der Waals surface area contributed by atoms with Crippen molar-refractivity contribution in [3.8, 4) is 11.1 Å². The number of pyridine rings is 1. The maximum atomic E-state index is 15.5. The molecule has 1 aliphatic rings. The van der Waals surface area contributed by atoms with Crippen LogP contribution in [0.1, 0.15) is 72.5 Å². The summed E-state index contributed by atoms with van der Waals surface area (Å²) in [7, 11) is 0. The first kappa shape index (κ1) is 44.5. The molecule has 3 atom stereocenters. The number of para-hydroxylation sites is 1. The van der Waals surface area contributed by atoms with E-state index >= 15 is 9.59 Å². The molecular weight excluding hydrogens is 813 g/mol. The van der Waals surface area contributed by atoms with E-state index in [1.807, 2.05) is 191 Å². The summed E-state index contributed by atoms with van der Waals surface area (Å²) < 4.78 is 12.2. The van der Waals surface area contributed by atoms with Crippen molar-refractivity contribution < 1.29 is 29.0 Å². The smallest absolute Gasteiger partial charge is 0.408 e. The largest absolute Gasteiger partial charge is 0.465 e. The molecule has 0 aliphatic heterocycles. The number of rotatable bonds is 18. The van der Waals surface area contributed by atoms with Crippen LogP contribution >= 0.6 is 0 Å². The van der Waals surface area contributed by atoms with Gasteiger partial charge in [-0.15, -0.1) is 0 Å². The molecule has 10 heteroatoms. The molecule has 1 unspecified atom stereocenters. The van der Waals surface area contributed by atoms with Crippen molar-refractivity contribution in [2.24, 2.45) is 5.92 Å². The van der Waals surface area contributed by atoms with Gasteiger partial charge in [0, 0.05) is 48.7 Å². The maximum Gasteiger partial charge on any atom is 0.408 e. The van der Waals surface area contributed by atoms with E-state index in [0.29, 0.717) is 24.3 Å². The second-order valence-corrected chi connectivity index (χ2v) is 16.3. The number of amides is 3.